The molecule has 1 aromatic heterocycles. The molecule has 102 valence electrons. The van der Waals surface area contributed by atoms with Crippen molar-refractivity contribution in [1.29, 1.82) is 5.26 Å². The van der Waals surface area contributed by atoms with Crippen LogP contribution in [-0.2, 0) is 6.42 Å². The monoisotopic (exact) mass is 278 g/mol. The lowest BCUT2D eigenvalue weighted by molar-refractivity contribution is -0.274. The van der Waals surface area contributed by atoms with E-state index in [0.717, 1.165) is 0 Å². The third-order valence-corrected chi connectivity index (χ3v) is 2.48. The van der Waals surface area contributed by atoms with Crippen molar-refractivity contribution < 1.29 is 17.9 Å². The van der Waals surface area contributed by atoms with Gasteiger partial charge in [0.25, 0.3) is 0 Å². The summed E-state index contributed by atoms with van der Waals surface area (Å²) in [7, 11) is 0. The van der Waals surface area contributed by atoms with Crippen molar-refractivity contribution in [3.8, 4) is 22.9 Å². The van der Waals surface area contributed by atoms with E-state index in [9.17, 15) is 13.2 Å². The molecule has 0 spiro atoms. The molecule has 0 saturated carbocycles. The topological polar surface area (TPSA) is 45.9 Å². The van der Waals surface area contributed by atoms with Gasteiger partial charge in [0.15, 0.2) is 0 Å². The number of benzene rings is 1. The van der Waals surface area contributed by atoms with Gasteiger partial charge in [0.2, 0.25) is 0 Å². The van der Waals surface area contributed by atoms with E-state index in [2.05, 4.69) is 9.72 Å². The maximum absolute atomic E-state index is 12.2. The van der Waals surface area contributed by atoms with E-state index >= 15 is 0 Å². The fourth-order valence-electron chi connectivity index (χ4n) is 1.71. The predicted octanol–water partition coefficient (Wildman–Crippen LogP) is 3.71. The van der Waals surface area contributed by atoms with Crippen LogP contribution in [0.1, 0.15) is 5.56 Å². The zero-order valence-electron chi connectivity index (χ0n) is 10.2. The molecule has 2 rings (SSSR count). The molecule has 3 nitrogen and oxygen atoms in total. The van der Waals surface area contributed by atoms with E-state index in [0.29, 0.717) is 16.7 Å². The normalized spacial score (nSPS) is 10.9. The zero-order chi connectivity index (χ0) is 14.6. The van der Waals surface area contributed by atoms with Crippen LogP contribution in [0, 0.1) is 11.3 Å². The Hall–Kier alpha value is -2.55. The summed E-state index contributed by atoms with van der Waals surface area (Å²) >= 11 is 0. The van der Waals surface area contributed by atoms with Crippen molar-refractivity contribution in [3.63, 3.8) is 0 Å². The maximum Gasteiger partial charge on any atom is 0.573 e. The molecule has 0 fully saturated rings. The third kappa shape index (κ3) is 3.72. The first-order valence-corrected chi connectivity index (χ1v) is 5.65. The van der Waals surface area contributed by atoms with Crippen LogP contribution in [-0.4, -0.2) is 11.3 Å². The van der Waals surface area contributed by atoms with Gasteiger partial charge in [-0.3, -0.25) is 4.98 Å². The minimum atomic E-state index is -4.72. The summed E-state index contributed by atoms with van der Waals surface area (Å²) in [6, 6.07) is 9.32. The minimum Gasteiger partial charge on any atom is -0.406 e. The first-order chi connectivity index (χ1) is 9.48. The number of hydrogen-bond acceptors (Lipinski definition) is 3. The van der Waals surface area contributed by atoms with Crippen molar-refractivity contribution in [1.82, 2.24) is 4.98 Å². The Bertz CT molecular complexity index is 647. The number of nitriles is 1. The molecular formula is C14H9F3N2O. The lowest BCUT2D eigenvalue weighted by Crippen LogP contribution is -2.17. The Morgan fingerprint density at radius 3 is 2.65 bits per heavy atom. The first kappa shape index (κ1) is 13.9. The molecule has 0 unspecified atom stereocenters. The number of alkyl halides is 3. The lowest BCUT2D eigenvalue weighted by atomic mass is 10.1. The van der Waals surface area contributed by atoms with Gasteiger partial charge in [0, 0.05) is 18.0 Å². The average molecular weight is 278 g/mol. The van der Waals surface area contributed by atoms with E-state index in [4.69, 9.17) is 5.26 Å². The second kappa shape index (κ2) is 5.61. The Balaban J connectivity index is 2.31. The van der Waals surface area contributed by atoms with Gasteiger partial charge >= 0.3 is 6.36 Å². The summed E-state index contributed by atoms with van der Waals surface area (Å²) in [5, 5.41) is 8.63. The molecule has 0 N–H and O–H groups in total. The van der Waals surface area contributed by atoms with Crippen LogP contribution in [0.2, 0.25) is 0 Å². The minimum absolute atomic E-state index is 0.194. The van der Waals surface area contributed by atoms with Crippen LogP contribution in [0.25, 0.3) is 11.1 Å². The number of rotatable bonds is 3. The quantitative estimate of drug-likeness (QED) is 0.859. The average Bonchev–Trinajstić information content (AvgIpc) is 2.38. The second-order valence-electron chi connectivity index (χ2n) is 3.99. The predicted molar refractivity (Wildman–Crippen MR) is 65.7 cm³/mol. The third-order valence-electron chi connectivity index (χ3n) is 2.48. The highest BCUT2D eigenvalue weighted by molar-refractivity contribution is 5.64. The molecule has 1 heterocycles. The van der Waals surface area contributed by atoms with E-state index < -0.39 is 6.36 Å². The standard InChI is InChI=1S/C14H9F3N2O/c15-14(16,17)20-13-3-1-2-11(7-13)12-6-10(4-5-18)8-19-9-12/h1-3,6-9H,4H2. The summed E-state index contributed by atoms with van der Waals surface area (Å²) in [5.74, 6) is -0.291. The maximum atomic E-state index is 12.2. The number of pyridine rings is 1. The van der Waals surface area contributed by atoms with Crippen molar-refractivity contribution in [3.05, 3.63) is 48.3 Å². The summed E-state index contributed by atoms with van der Waals surface area (Å²) < 4.78 is 40.4. The van der Waals surface area contributed by atoms with Gasteiger partial charge < -0.3 is 4.74 Å². The number of hydrogen-bond donors (Lipinski definition) is 0. The molecule has 20 heavy (non-hydrogen) atoms. The smallest absolute Gasteiger partial charge is 0.406 e. The van der Waals surface area contributed by atoms with Crippen LogP contribution in [0.15, 0.2) is 42.7 Å². The van der Waals surface area contributed by atoms with Gasteiger partial charge in [-0.2, -0.15) is 5.26 Å². The number of halogens is 3. The van der Waals surface area contributed by atoms with Crippen molar-refractivity contribution >= 4 is 0 Å². The van der Waals surface area contributed by atoms with Crippen LogP contribution in [0.5, 0.6) is 5.75 Å². The molecule has 0 amide bonds. The SMILES string of the molecule is N#CCc1cncc(-c2cccc(OC(F)(F)F)c2)c1. The summed E-state index contributed by atoms with van der Waals surface area (Å²) in [6.45, 7) is 0. The molecule has 0 aliphatic carbocycles. The largest absolute Gasteiger partial charge is 0.573 e. The Labute approximate surface area is 113 Å². The molecule has 0 atom stereocenters. The second-order valence-corrected chi connectivity index (χ2v) is 3.99. The fraction of sp³-hybridized carbons (Fsp3) is 0.143. The van der Waals surface area contributed by atoms with Crippen molar-refractivity contribution in [2.45, 2.75) is 12.8 Å². The van der Waals surface area contributed by atoms with Gasteiger partial charge in [-0.15, -0.1) is 13.2 Å². The molecule has 0 radical (unpaired) electrons. The van der Waals surface area contributed by atoms with Crippen molar-refractivity contribution in [2.75, 3.05) is 0 Å². The zero-order valence-corrected chi connectivity index (χ0v) is 10.2. The van der Waals surface area contributed by atoms with Crippen LogP contribution in [0.4, 0.5) is 13.2 Å². The van der Waals surface area contributed by atoms with Crippen LogP contribution in [0.3, 0.4) is 0 Å². The number of ether oxygens (including phenoxy) is 1. The molecule has 1 aromatic carbocycles. The number of nitrogens with zero attached hydrogens (tertiary/aromatic N) is 2. The van der Waals surface area contributed by atoms with Gasteiger partial charge in [0.05, 0.1) is 12.5 Å². The van der Waals surface area contributed by atoms with Crippen molar-refractivity contribution in [2.24, 2.45) is 0 Å². The van der Waals surface area contributed by atoms with Gasteiger partial charge in [0.1, 0.15) is 5.75 Å². The summed E-state index contributed by atoms with van der Waals surface area (Å²) in [5.41, 5.74) is 1.87. The highest BCUT2D eigenvalue weighted by Crippen LogP contribution is 2.28. The van der Waals surface area contributed by atoms with E-state index in [-0.39, 0.29) is 12.2 Å². The van der Waals surface area contributed by atoms with Gasteiger partial charge in [-0.1, -0.05) is 12.1 Å². The molecule has 2 aromatic rings. The van der Waals surface area contributed by atoms with Gasteiger partial charge in [-0.25, -0.2) is 0 Å². The highest BCUT2D eigenvalue weighted by atomic mass is 19.4. The Kier molecular flexibility index (Phi) is 3.89. The highest BCUT2D eigenvalue weighted by Gasteiger charge is 2.31. The lowest BCUT2D eigenvalue weighted by Gasteiger charge is -2.10. The van der Waals surface area contributed by atoms with E-state index in [1.165, 1.54) is 24.4 Å². The molecule has 0 aliphatic heterocycles. The van der Waals surface area contributed by atoms with Gasteiger partial charge in [-0.05, 0) is 29.3 Å². The molecule has 0 saturated heterocycles. The Morgan fingerprint density at radius 1 is 1.15 bits per heavy atom. The summed E-state index contributed by atoms with van der Waals surface area (Å²) in [4.78, 5) is 3.97. The summed E-state index contributed by atoms with van der Waals surface area (Å²) in [6.07, 6.45) is -1.46. The number of aromatic nitrogens is 1. The first-order valence-electron chi connectivity index (χ1n) is 5.65. The molecule has 6 heteroatoms. The van der Waals surface area contributed by atoms with E-state index in [1.54, 1.807) is 18.3 Å². The molecular weight excluding hydrogens is 269 g/mol. The molecule has 0 aliphatic rings. The Morgan fingerprint density at radius 2 is 1.95 bits per heavy atom. The fourth-order valence-corrected chi connectivity index (χ4v) is 1.71. The molecule has 0 bridgehead atoms. The van der Waals surface area contributed by atoms with E-state index in [1.807, 2.05) is 6.07 Å². The van der Waals surface area contributed by atoms with Crippen LogP contribution < -0.4 is 4.74 Å². The van der Waals surface area contributed by atoms with Crippen LogP contribution >= 0.6 is 0 Å².